The van der Waals surface area contributed by atoms with Gasteiger partial charge in [-0.1, -0.05) is 28.1 Å². The number of hydrogen-bond acceptors (Lipinski definition) is 1. The first-order chi connectivity index (χ1) is 6.20. The Kier molecular flexibility index (Phi) is 3.38. The Morgan fingerprint density at radius 3 is 2.62 bits per heavy atom. The second kappa shape index (κ2) is 4.33. The first kappa shape index (κ1) is 10.1. The van der Waals surface area contributed by atoms with E-state index in [0.717, 1.165) is 0 Å². The molecule has 0 amide bonds. The van der Waals surface area contributed by atoms with Gasteiger partial charge in [0.05, 0.1) is 11.6 Å². The number of nitriles is 1. The first-order valence-corrected chi connectivity index (χ1v) is 4.69. The smallest absolute Gasteiger partial charge is 0.205 e. The molecule has 0 atom stereocenters. The number of alkyl halides is 3. The Balaban J connectivity index is 3.32. The maximum Gasteiger partial charge on any atom is 0.265 e. The van der Waals surface area contributed by atoms with E-state index in [1.54, 1.807) is 18.2 Å². The molecule has 0 bridgehead atoms. The zero-order valence-electron chi connectivity index (χ0n) is 6.60. The van der Waals surface area contributed by atoms with Gasteiger partial charge in [0.2, 0.25) is 0 Å². The molecule has 1 rings (SSSR count). The molecule has 0 radical (unpaired) electrons. The van der Waals surface area contributed by atoms with E-state index in [4.69, 9.17) is 5.26 Å². The molecule has 0 saturated carbocycles. The van der Waals surface area contributed by atoms with Crippen molar-refractivity contribution in [3.8, 4) is 6.07 Å². The van der Waals surface area contributed by atoms with Gasteiger partial charge < -0.3 is 0 Å². The van der Waals surface area contributed by atoms with Crippen LogP contribution in [0.15, 0.2) is 18.2 Å². The second-order valence-electron chi connectivity index (χ2n) is 2.42. The van der Waals surface area contributed by atoms with Crippen LogP contribution < -0.4 is 0 Å². The fourth-order valence-corrected chi connectivity index (χ4v) is 1.57. The monoisotopic (exact) mass is 245 g/mol. The van der Waals surface area contributed by atoms with Crippen LogP contribution >= 0.6 is 15.9 Å². The van der Waals surface area contributed by atoms with Gasteiger partial charge in [0.15, 0.2) is 0 Å². The number of benzene rings is 1. The summed E-state index contributed by atoms with van der Waals surface area (Å²) in [7, 11) is 0. The van der Waals surface area contributed by atoms with Gasteiger partial charge in [0.1, 0.15) is 0 Å². The van der Waals surface area contributed by atoms with Crippen molar-refractivity contribution in [2.45, 2.75) is 11.8 Å². The molecule has 1 nitrogen and oxygen atoms in total. The zero-order valence-corrected chi connectivity index (χ0v) is 8.18. The summed E-state index contributed by atoms with van der Waals surface area (Å²) < 4.78 is 25.0. The van der Waals surface area contributed by atoms with Gasteiger partial charge in [-0.25, -0.2) is 8.78 Å². The summed E-state index contributed by atoms with van der Waals surface area (Å²) in [6.07, 6.45) is -2.59. The van der Waals surface area contributed by atoms with Gasteiger partial charge in [-0.2, -0.15) is 5.26 Å². The van der Waals surface area contributed by atoms with Crippen LogP contribution in [0.2, 0.25) is 0 Å². The van der Waals surface area contributed by atoms with Gasteiger partial charge in [-0.05, 0) is 11.6 Å². The van der Waals surface area contributed by atoms with E-state index in [1.807, 2.05) is 0 Å². The van der Waals surface area contributed by atoms with Gasteiger partial charge >= 0.3 is 0 Å². The van der Waals surface area contributed by atoms with Crippen LogP contribution in [0.3, 0.4) is 0 Å². The Morgan fingerprint density at radius 1 is 1.46 bits per heavy atom. The van der Waals surface area contributed by atoms with Gasteiger partial charge in [0, 0.05) is 10.9 Å². The third kappa shape index (κ3) is 2.04. The van der Waals surface area contributed by atoms with Crippen LogP contribution in [0.25, 0.3) is 0 Å². The molecule has 68 valence electrons. The maximum absolute atomic E-state index is 12.5. The lowest BCUT2D eigenvalue weighted by Crippen LogP contribution is -1.96. The molecule has 13 heavy (non-hydrogen) atoms. The molecule has 0 aliphatic heterocycles. The Hall–Kier alpha value is -0.950. The van der Waals surface area contributed by atoms with E-state index < -0.39 is 6.43 Å². The van der Waals surface area contributed by atoms with Crippen LogP contribution in [-0.2, 0) is 5.33 Å². The summed E-state index contributed by atoms with van der Waals surface area (Å²) in [5, 5.41) is 8.92. The van der Waals surface area contributed by atoms with E-state index in [-0.39, 0.29) is 11.1 Å². The topological polar surface area (TPSA) is 23.8 Å². The third-order valence-corrected chi connectivity index (χ3v) is 2.28. The van der Waals surface area contributed by atoms with Crippen LogP contribution in [0.1, 0.15) is 23.1 Å². The molecule has 4 heteroatoms. The predicted molar refractivity (Wildman–Crippen MR) is 48.7 cm³/mol. The maximum atomic E-state index is 12.5. The van der Waals surface area contributed by atoms with Crippen molar-refractivity contribution in [3.05, 3.63) is 34.9 Å². The van der Waals surface area contributed by atoms with E-state index in [1.165, 1.54) is 6.07 Å². The fourth-order valence-electron chi connectivity index (χ4n) is 1.08. The van der Waals surface area contributed by atoms with E-state index in [2.05, 4.69) is 15.9 Å². The summed E-state index contributed by atoms with van der Waals surface area (Å²) in [6, 6.07) is 6.33. The Morgan fingerprint density at radius 2 is 2.15 bits per heavy atom. The lowest BCUT2D eigenvalue weighted by molar-refractivity contribution is 0.150. The van der Waals surface area contributed by atoms with Crippen molar-refractivity contribution in [2.75, 3.05) is 0 Å². The summed E-state index contributed by atoms with van der Waals surface area (Å²) in [6.45, 7) is 0. The van der Waals surface area contributed by atoms with Crippen molar-refractivity contribution in [1.29, 1.82) is 5.26 Å². The number of nitrogens with zero attached hydrogens (tertiary/aromatic N) is 1. The lowest BCUT2D eigenvalue weighted by Gasteiger charge is -2.07. The van der Waals surface area contributed by atoms with Crippen molar-refractivity contribution in [1.82, 2.24) is 0 Å². The minimum atomic E-state index is -2.59. The molecule has 0 aliphatic rings. The van der Waals surface area contributed by atoms with E-state index >= 15 is 0 Å². The van der Waals surface area contributed by atoms with Crippen LogP contribution in [0.5, 0.6) is 0 Å². The highest BCUT2D eigenvalue weighted by Crippen LogP contribution is 2.27. The third-order valence-electron chi connectivity index (χ3n) is 1.68. The standard InChI is InChI=1S/C9H6BrF2N/c10-4-6-2-1-3-7(5-13)8(6)9(11)12/h1-3,9H,4H2. The lowest BCUT2D eigenvalue weighted by atomic mass is 10.0. The second-order valence-corrected chi connectivity index (χ2v) is 2.99. The SMILES string of the molecule is N#Cc1cccc(CBr)c1C(F)F. The molecule has 0 saturated heterocycles. The molecule has 0 aromatic heterocycles. The molecule has 0 aliphatic carbocycles. The highest BCUT2D eigenvalue weighted by Gasteiger charge is 2.16. The highest BCUT2D eigenvalue weighted by molar-refractivity contribution is 9.08. The highest BCUT2D eigenvalue weighted by atomic mass is 79.9. The quantitative estimate of drug-likeness (QED) is 0.733. The van der Waals surface area contributed by atoms with Gasteiger partial charge in [-0.3, -0.25) is 0 Å². The normalized spacial score (nSPS) is 10.1. The summed E-state index contributed by atoms with van der Waals surface area (Å²) >= 11 is 3.10. The molecule has 1 aromatic rings. The van der Waals surface area contributed by atoms with Gasteiger partial charge in [0.25, 0.3) is 6.43 Å². The molecular weight excluding hydrogens is 240 g/mol. The largest absolute Gasteiger partial charge is 0.265 e. The van der Waals surface area contributed by atoms with Crippen molar-refractivity contribution in [3.63, 3.8) is 0 Å². The average Bonchev–Trinajstić information content (AvgIpc) is 2.16. The summed E-state index contributed by atoms with van der Waals surface area (Å²) in [5.41, 5.74) is 0.350. The molecule has 0 N–H and O–H groups in total. The summed E-state index contributed by atoms with van der Waals surface area (Å²) in [4.78, 5) is 0. The van der Waals surface area contributed by atoms with Gasteiger partial charge in [-0.15, -0.1) is 0 Å². The number of halogens is 3. The molecule has 0 fully saturated rings. The minimum Gasteiger partial charge on any atom is -0.205 e. The molecule has 1 aromatic carbocycles. The van der Waals surface area contributed by atoms with E-state index in [9.17, 15) is 8.78 Å². The molecule has 0 spiro atoms. The molecule has 0 heterocycles. The average molecular weight is 246 g/mol. The zero-order chi connectivity index (χ0) is 9.84. The predicted octanol–water partition coefficient (Wildman–Crippen LogP) is 3.39. The van der Waals surface area contributed by atoms with Crippen LogP contribution in [0.4, 0.5) is 8.78 Å². The van der Waals surface area contributed by atoms with Crippen molar-refractivity contribution >= 4 is 15.9 Å². The fraction of sp³-hybridized carbons (Fsp3) is 0.222. The number of rotatable bonds is 2. The van der Waals surface area contributed by atoms with Crippen LogP contribution in [-0.4, -0.2) is 0 Å². The summed E-state index contributed by atoms with van der Waals surface area (Å²) in [5.74, 6) is 0. The van der Waals surface area contributed by atoms with E-state index in [0.29, 0.717) is 10.9 Å². The Labute approximate surface area is 83.1 Å². The van der Waals surface area contributed by atoms with Crippen molar-refractivity contribution in [2.24, 2.45) is 0 Å². The molecular formula is C9H6BrF2N. The minimum absolute atomic E-state index is 0.0481. The molecule has 0 unspecified atom stereocenters. The number of hydrogen-bond donors (Lipinski definition) is 0. The Bertz CT molecular complexity index is 344. The van der Waals surface area contributed by atoms with Crippen LogP contribution in [0, 0.1) is 11.3 Å². The first-order valence-electron chi connectivity index (χ1n) is 3.56. The van der Waals surface area contributed by atoms with Crippen molar-refractivity contribution < 1.29 is 8.78 Å².